The Labute approximate surface area is 153 Å². The highest BCUT2D eigenvalue weighted by atomic mass is 35.5. The van der Waals surface area contributed by atoms with Crippen LogP contribution in [0.2, 0.25) is 0 Å². The minimum Gasteiger partial charge on any atom is -0.470 e. The quantitative estimate of drug-likeness (QED) is 0.661. The molecule has 0 aliphatic heterocycles. The van der Waals surface area contributed by atoms with Gasteiger partial charge in [0.2, 0.25) is 5.91 Å². The lowest BCUT2D eigenvalue weighted by molar-refractivity contribution is -0.138. The zero-order valence-corrected chi connectivity index (χ0v) is 17.0. The van der Waals surface area contributed by atoms with E-state index in [9.17, 15) is 4.79 Å². The largest absolute Gasteiger partial charge is 0.470 e. The molecule has 0 heterocycles. The first kappa shape index (κ1) is 22.7. The summed E-state index contributed by atoms with van der Waals surface area (Å²) in [6.07, 6.45) is 0.519. The van der Waals surface area contributed by atoms with Gasteiger partial charge in [-0.15, -0.1) is 12.4 Å². The van der Waals surface area contributed by atoms with Gasteiger partial charge in [-0.1, -0.05) is 38.5 Å². The molecule has 0 saturated heterocycles. The van der Waals surface area contributed by atoms with E-state index >= 15 is 0 Å². The number of carbonyl (C=O) groups is 1. The predicted molar refractivity (Wildman–Crippen MR) is 103 cm³/mol. The van der Waals surface area contributed by atoms with Gasteiger partial charge in [-0.05, 0) is 45.0 Å². The number of hydrogen-bond donors (Lipinski definition) is 0. The van der Waals surface area contributed by atoms with Crippen molar-refractivity contribution >= 4 is 18.3 Å². The van der Waals surface area contributed by atoms with Crippen molar-refractivity contribution in [1.29, 1.82) is 0 Å². The lowest BCUT2D eigenvalue weighted by atomic mass is 10.1. The molecule has 0 bridgehead atoms. The summed E-state index contributed by atoms with van der Waals surface area (Å²) in [7, 11) is 1.83. The molecule has 1 rings (SSSR count). The molecular formula is C19H33ClN2O2. The highest BCUT2D eigenvalue weighted by Gasteiger charge is 2.22. The molecule has 138 valence electrons. The van der Waals surface area contributed by atoms with Gasteiger partial charge >= 0.3 is 0 Å². The van der Waals surface area contributed by atoms with Crippen molar-refractivity contribution in [2.45, 2.75) is 54.2 Å². The second-order valence-corrected chi connectivity index (χ2v) is 6.17. The maximum atomic E-state index is 12.5. The summed E-state index contributed by atoms with van der Waals surface area (Å²) in [4.78, 5) is 16.3. The number of halogens is 1. The molecule has 5 heteroatoms. The van der Waals surface area contributed by atoms with Gasteiger partial charge in [-0.25, -0.2) is 0 Å². The van der Waals surface area contributed by atoms with Gasteiger partial charge in [-0.3, -0.25) is 9.69 Å². The molecule has 4 nitrogen and oxygen atoms in total. The number of amides is 1. The summed E-state index contributed by atoms with van der Waals surface area (Å²) < 4.78 is 6.20. The minimum absolute atomic E-state index is 0. The normalized spacial score (nSPS) is 11.8. The van der Waals surface area contributed by atoms with Crippen LogP contribution in [0.25, 0.3) is 0 Å². The monoisotopic (exact) mass is 356 g/mol. The van der Waals surface area contributed by atoms with Crippen LogP contribution >= 0.6 is 12.4 Å². The maximum absolute atomic E-state index is 12.5. The minimum atomic E-state index is -0.238. The summed E-state index contributed by atoms with van der Waals surface area (Å²) in [6, 6.07) is 4.24. The van der Waals surface area contributed by atoms with Crippen molar-refractivity contribution in [3.63, 3.8) is 0 Å². The third-order valence-corrected chi connectivity index (χ3v) is 4.29. The maximum Gasteiger partial charge on any atom is 0.239 e. The molecule has 0 radical (unpaired) electrons. The lowest BCUT2D eigenvalue weighted by Crippen LogP contribution is -2.45. The van der Waals surface area contributed by atoms with Crippen LogP contribution in [-0.2, 0) is 4.79 Å². The average molecular weight is 357 g/mol. The van der Waals surface area contributed by atoms with Crippen LogP contribution < -0.4 is 4.74 Å². The number of aryl methyl sites for hydroxylation is 3. The third kappa shape index (κ3) is 5.99. The summed E-state index contributed by atoms with van der Waals surface area (Å²) >= 11 is 0. The number of carbonyl (C=O) groups excluding carboxylic acids is 1. The molecule has 0 aliphatic carbocycles. The van der Waals surface area contributed by atoms with Gasteiger partial charge in [0.05, 0.1) is 6.54 Å². The van der Waals surface area contributed by atoms with E-state index in [0.717, 1.165) is 36.4 Å². The highest BCUT2D eigenvalue weighted by Crippen LogP contribution is 2.26. The average Bonchev–Trinajstić information content (AvgIpc) is 2.51. The van der Waals surface area contributed by atoms with Crippen LogP contribution in [0.1, 0.15) is 43.9 Å². The summed E-state index contributed by atoms with van der Waals surface area (Å²) in [5.74, 6) is 0.993. The van der Waals surface area contributed by atoms with Crippen LogP contribution in [-0.4, -0.2) is 48.6 Å². The van der Waals surface area contributed by atoms with Gasteiger partial charge in [0, 0.05) is 13.5 Å². The molecule has 0 aromatic heterocycles. The molecule has 0 fully saturated rings. The summed E-state index contributed by atoms with van der Waals surface area (Å²) in [5.41, 5.74) is 3.46. The molecule has 0 N–H and O–H groups in total. The Morgan fingerprint density at radius 1 is 1.08 bits per heavy atom. The standard InChI is InChI=1S/C19H32N2O2.ClH/c1-8-18(20(7)17(22)13-21(9-2)10-3)23-19-15(5)11-14(4)12-16(19)6;/h11-12,18H,8-10,13H2,1-7H3;1H. The first-order chi connectivity index (χ1) is 10.8. The van der Waals surface area contributed by atoms with Crippen molar-refractivity contribution in [2.75, 3.05) is 26.7 Å². The lowest BCUT2D eigenvalue weighted by Gasteiger charge is -2.31. The third-order valence-electron chi connectivity index (χ3n) is 4.29. The van der Waals surface area contributed by atoms with Crippen molar-refractivity contribution in [1.82, 2.24) is 9.80 Å². The molecule has 0 spiro atoms. The fraction of sp³-hybridized carbons (Fsp3) is 0.632. The summed E-state index contributed by atoms with van der Waals surface area (Å²) in [6.45, 7) is 14.6. The highest BCUT2D eigenvalue weighted by molar-refractivity contribution is 5.85. The second-order valence-electron chi connectivity index (χ2n) is 6.17. The van der Waals surface area contributed by atoms with Crippen LogP contribution in [0.15, 0.2) is 12.1 Å². The van der Waals surface area contributed by atoms with Gasteiger partial charge in [0.25, 0.3) is 0 Å². The van der Waals surface area contributed by atoms with E-state index in [0.29, 0.717) is 6.54 Å². The van der Waals surface area contributed by atoms with Crippen molar-refractivity contribution < 1.29 is 9.53 Å². The smallest absolute Gasteiger partial charge is 0.239 e. The van der Waals surface area contributed by atoms with Crippen LogP contribution in [0.3, 0.4) is 0 Å². The second kappa shape index (κ2) is 10.6. The summed E-state index contributed by atoms with van der Waals surface area (Å²) in [5, 5.41) is 0. The first-order valence-electron chi connectivity index (χ1n) is 8.56. The zero-order valence-electron chi connectivity index (χ0n) is 16.2. The Kier molecular flexibility index (Phi) is 10.0. The van der Waals surface area contributed by atoms with E-state index in [2.05, 4.69) is 51.7 Å². The molecule has 24 heavy (non-hydrogen) atoms. The van der Waals surface area contributed by atoms with Crippen molar-refractivity contribution in [3.05, 3.63) is 28.8 Å². The van der Waals surface area contributed by atoms with Crippen LogP contribution in [0.5, 0.6) is 5.75 Å². The Morgan fingerprint density at radius 3 is 2.00 bits per heavy atom. The molecule has 1 aromatic carbocycles. The molecule has 1 unspecified atom stereocenters. The fourth-order valence-corrected chi connectivity index (χ4v) is 2.84. The number of ether oxygens (including phenoxy) is 1. The Morgan fingerprint density at radius 2 is 1.58 bits per heavy atom. The number of rotatable bonds is 8. The number of nitrogens with zero attached hydrogens (tertiary/aromatic N) is 2. The number of likely N-dealkylation sites (N-methyl/N-ethyl adjacent to an activating group) is 2. The van der Waals surface area contributed by atoms with Gasteiger partial charge in [0.15, 0.2) is 6.23 Å². The Hall–Kier alpha value is -1.26. The van der Waals surface area contributed by atoms with Gasteiger partial charge in [-0.2, -0.15) is 0 Å². The van der Waals surface area contributed by atoms with E-state index in [1.165, 1.54) is 5.56 Å². The Bertz CT molecular complexity index is 507. The number of hydrogen-bond acceptors (Lipinski definition) is 3. The van der Waals surface area contributed by atoms with E-state index in [4.69, 9.17) is 4.74 Å². The molecule has 1 aromatic rings. The molecule has 0 saturated carbocycles. The SMILES string of the molecule is CCC(Oc1c(C)cc(C)cc1C)N(C)C(=O)CN(CC)CC.Cl. The van der Waals surface area contributed by atoms with Crippen molar-refractivity contribution in [2.24, 2.45) is 0 Å². The Balaban J connectivity index is 0.00000529. The van der Waals surface area contributed by atoms with Crippen molar-refractivity contribution in [3.8, 4) is 5.75 Å². The molecular weight excluding hydrogens is 324 g/mol. The van der Waals surface area contributed by atoms with Gasteiger partial charge in [0.1, 0.15) is 5.75 Å². The fourth-order valence-electron chi connectivity index (χ4n) is 2.84. The zero-order chi connectivity index (χ0) is 17.6. The van der Waals surface area contributed by atoms with Gasteiger partial charge < -0.3 is 9.64 Å². The number of benzene rings is 1. The predicted octanol–water partition coefficient (Wildman–Crippen LogP) is 3.95. The van der Waals surface area contributed by atoms with E-state index in [-0.39, 0.29) is 24.5 Å². The van der Waals surface area contributed by atoms with Crippen LogP contribution in [0.4, 0.5) is 0 Å². The molecule has 0 aliphatic rings. The van der Waals surface area contributed by atoms with E-state index in [1.807, 2.05) is 14.0 Å². The van der Waals surface area contributed by atoms with Crippen LogP contribution in [0, 0.1) is 20.8 Å². The van der Waals surface area contributed by atoms with E-state index < -0.39 is 0 Å². The topological polar surface area (TPSA) is 32.8 Å². The molecule has 1 amide bonds. The molecule has 1 atom stereocenters. The van der Waals surface area contributed by atoms with E-state index in [1.54, 1.807) is 4.90 Å². The first-order valence-corrected chi connectivity index (χ1v) is 8.56.